The van der Waals surface area contributed by atoms with Gasteiger partial charge >= 0.3 is 0 Å². The predicted octanol–water partition coefficient (Wildman–Crippen LogP) is 3.51. The van der Waals surface area contributed by atoms with Crippen LogP contribution in [0.2, 0.25) is 0 Å². The van der Waals surface area contributed by atoms with Gasteiger partial charge in [0.05, 0.1) is 28.9 Å². The van der Waals surface area contributed by atoms with Crippen molar-refractivity contribution in [1.29, 1.82) is 0 Å². The summed E-state index contributed by atoms with van der Waals surface area (Å²) >= 11 is 1.49. The minimum Gasteiger partial charge on any atom is -0.283 e. The maximum absolute atomic E-state index is 13.6. The number of hydrogen-bond donors (Lipinski definition) is 0. The molecule has 4 rings (SSSR count). The quantitative estimate of drug-likeness (QED) is 0.584. The molecule has 0 N–H and O–H groups in total. The summed E-state index contributed by atoms with van der Waals surface area (Å²) in [6.45, 7) is 5.14. The minimum atomic E-state index is -3.33. The third-order valence-electron chi connectivity index (χ3n) is 5.76. The lowest BCUT2D eigenvalue weighted by atomic mass is 9.98. The van der Waals surface area contributed by atoms with Gasteiger partial charge in [-0.05, 0) is 61.6 Å². The molecule has 3 aromatic rings. The molecule has 3 heterocycles. The number of aryl methyl sites for hydroxylation is 2. The number of anilines is 1. The maximum Gasteiger partial charge on any atom is 0.233 e. The molecule has 31 heavy (non-hydrogen) atoms. The van der Waals surface area contributed by atoms with E-state index in [-0.39, 0.29) is 12.5 Å². The standard InChI is InChI=1S/C22H26N4O3S2/c1-15-10-19-20(11-16(15)2)30-22(24-19)26(13-17-6-4-8-23-12-17)21(27)18-7-5-9-25(14-18)31(3,28)29/h4,6,8,10-12,18H,5,7,9,13-14H2,1-3H3. The van der Waals surface area contributed by atoms with Crippen LogP contribution >= 0.6 is 11.3 Å². The molecule has 164 valence electrons. The zero-order chi connectivity index (χ0) is 22.2. The number of pyridine rings is 1. The number of benzene rings is 1. The van der Waals surface area contributed by atoms with E-state index in [4.69, 9.17) is 4.98 Å². The van der Waals surface area contributed by atoms with E-state index in [2.05, 4.69) is 18.0 Å². The Morgan fingerprint density at radius 1 is 1.29 bits per heavy atom. The van der Waals surface area contributed by atoms with Crippen LogP contribution in [0, 0.1) is 19.8 Å². The summed E-state index contributed by atoms with van der Waals surface area (Å²) < 4.78 is 26.5. The van der Waals surface area contributed by atoms with E-state index < -0.39 is 15.9 Å². The number of carbonyl (C=O) groups excluding carboxylic acids is 1. The molecule has 0 radical (unpaired) electrons. The Labute approximate surface area is 186 Å². The monoisotopic (exact) mass is 458 g/mol. The van der Waals surface area contributed by atoms with Crippen LogP contribution in [0.1, 0.15) is 29.5 Å². The van der Waals surface area contributed by atoms with Crippen molar-refractivity contribution in [2.75, 3.05) is 24.2 Å². The van der Waals surface area contributed by atoms with E-state index >= 15 is 0 Å². The molecule has 1 atom stereocenters. The first-order chi connectivity index (χ1) is 14.7. The molecule has 0 bridgehead atoms. The number of carbonyl (C=O) groups is 1. The van der Waals surface area contributed by atoms with Crippen molar-refractivity contribution in [3.05, 3.63) is 53.3 Å². The van der Waals surface area contributed by atoms with Gasteiger partial charge in [-0.1, -0.05) is 17.4 Å². The third kappa shape index (κ3) is 4.78. The topological polar surface area (TPSA) is 83.5 Å². The predicted molar refractivity (Wildman–Crippen MR) is 124 cm³/mol. The van der Waals surface area contributed by atoms with E-state index in [1.54, 1.807) is 17.3 Å². The summed E-state index contributed by atoms with van der Waals surface area (Å²) in [5.41, 5.74) is 4.11. The van der Waals surface area contributed by atoms with Crippen LogP contribution in [-0.2, 0) is 21.4 Å². The average molecular weight is 459 g/mol. The smallest absolute Gasteiger partial charge is 0.233 e. The molecule has 9 heteroatoms. The molecule has 7 nitrogen and oxygen atoms in total. The van der Waals surface area contributed by atoms with Crippen molar-refractivity contribution >= 4 is 42.6 Å². The van der Waals surface area contributed by atoms with Crippen LogP contribution in [0.5, 0.6) is 0 Å². The largest absolute Gasteiger partial charge is 0.283 e. The molecular formula is C22H26N4O3S2. The normalized spacial score (nSPS) is 17.7. The molecular weight excluding hydrogens is 432 g/mol. The van der Waals surface area contributed by atoms with Gasteiger partial charge in [0, 0.05) is 25.5 Å². The van der Waals surface area contributed by atoms with Gasteiger partial charge in [-0.15, -0.1) is 0 Å². The number of amides is 1. The molecule has 1 amide bonds. The van der Waals surface area contributed by atoms with Gasteiger partial charge in [0.2, 0.25) is 15.9 Å². The summed E-state index contributed by atoms with van der Waals surface area (Å²) in [5, 5.41) is 0.630. The number of aromatic nitrogens is 2. The van der Waals surface area contributed by atoms with Crippen LogP contribution in [0.25, 0.3) is 10.2 Å². The number of rotatable bonds is 5. The molecule has 0 spiro atoms. The van der Waals surface area contributed by atoms with E-state index in [1.807, 2.05) is 25.1 Å². The molecule has 1 unspecified atom stereocenters. The van der Waals surface area contributed by atoms with Crippen LogP contribution in [0.4, 0.5) is 5.13 Å². The van der Waals surface area contributed by atoms with Gasteiger partial charge in [0.25, 0.3) is 0 Å². The zero-order valence-corrected chi connectivity index (χ0v) is 19.5. The Bertz CT molecular complexity index is 1170. The van der Waals surface area contributed by atoms with E-state index in [1.165, 1.54) is 27.5 Å². The van der Waals surface area contributed by atoms with Crippen LogP contribution < -0.4 is 4.90 Å². The lowest BCUT2D eigenvalue weighted by Gasteiger charge is -2.33. The number of fused-ring (bicyclic) bond motifs is 1. The number of nitrogens with zero attached hydrogens (tertiary/aromatic N) is 4. The molecule has 1 aromatic carbocycles. The van der Waals surface area contributed by atoms with E-state index in [0.29, 0.717) is 31.1 Å². The minimum absolute atomic E-state index is 0.0929. The van der Waals surface area contributed by atoms with Crippen LogP contribution in [0.3, 0.4) is 0 Å². The fraction of sp³-hybridized carbons (Fsp3) is 0.409. The fourth-order valence-corrected chi connectivity index (χ4v) is 5.82. The summed E-state index contributed by atoms with van der Waals surface area (Å²) in [5.74, 6) is -0.486. The highest BCUT2D eigenvalue weighted by molar-refractivity contribution is 7.88. The van der Waals surface area contributed by atoms with Crippen molar-refractivity contribution in [3.8, 4) is 0 Å². The summed E-state index contributed by atoms with van der Waals surface area (Å²) in [4.78, 5) is 24.3. The molecule has 2 aromatic heterocycles. The zero-order valence-electron chi connectivity index (χ0n) is 17.9. The van der Waals surface area contributed by atoms with Crippen molar-refractivity contribution in [2.24, 2.45) is 5.92 Å². The Morgan fingerprint density at radius 2 is 2.06 bits per heavy atom. The lowest BCUT2D eigenvalue weighted by molar-refractivity contribution is -0.123. The molecule has 1 aliphatic heterocycles. The summed E-state index contributed by atoms with van der Waals surface area (Å²) in [6.07, 6.45) is 5.97. The van der Waals surface area contributed by atoms with Crippen LogP contribution in [-0.4, -0.2) is 47.9 Å². The van der Waals surface area contributed by atoms with E-state index in [9.17, 15) is 13.2 Å². The molecule has 1 saturated heterocycles. The highest BCUT2D eigenvalue weighted by Crippen LogP contribution is 2.33. The van der Waals surface area contributed by atoms with E-state index in [0.717, 1.165) is 21.3 Å². The van der Waals surface area contributed by atoms with Gasteiger partial charge in [0.1, 0.15) is 0 Å². The first kappa shape index (κ1) is 21.9. The second kappa shape index (κ2) is 8.64. The highest BCUT2D eigenvalue weighted by atomic mass is 32.2. The van der Waals surface area contributed by atoms with Crippen LogP contribution in [0.15, 0.2) is 36.7 Å². The Kier molecular flexibility index (Phi) is 6.09. The second-order valence-electron chi connectivity index (χ2n) is 8.15. The van der Waals surface area contributed by atoms with Gasteiger partial charge in [-0.2, -0.15) is 0 Å². The first-order valence-corrected chi connectivity index (χ1v) is 12.9. The van der Waals surface area contributed by atoms with Gasteiger partial charge < -0.3 is 0 Å². The van der Waals surface area contributed by atoms with Gasteiger partial charge in [-0.3, -0.25) is 14.7 Å². The van der Waals surface area contributed by atoms with Crippen molar-refractivity contribution in [2.45, 2.75) is 33.2 Å². The van der Waals surface area contributed by atoms with Crippen molar-refractivity contribution in [3.63, 3.8) is 0 Å². The Hall–Kier alpha value is -2.36. The van der Waals surface area contributed by atoms with Gasteiger partial charge in [0.15, 0.2) is 5.13 Å². The number of sulfonamides is 1. The Balaban J connectivity index is 1.70. The van der Waals surface area contributed by atoms with Gasteiger partial charge in [-0.25, -0.2) is 17.7 Å². The SMILES string of the molecule is Cc1cc2nc(N(Cc3cccnc3)C(=O)C3CCCN(S(C)(=O)=O)C3)sc2cc1C. The molecule has 0 saturated carbocycles. The average Bonchev–Trinajstić information content (AvgIpc) is 3.14. The lowest BCUT2D eigenvalue weighted by Crippen LogP contribution is -2.46. The number of piperidine rings is 1. The van der Waals surface area contributed by atoms with Crippen molar-refractivity contribution in [1.82, 2.24) is 14.3 Å². The fourth-order valence-electron chi connectivity index (χ4n) is 3.86. The second-order valence-corrected chi connectivity index (χ2v) is 11.1. The third-order valence-corrected chi connectivity index (χ3v) is 8.07. The number of hydrogen-bond acceptors (Lipinski definition) is 6. The first-order valence-electron chi connectivity index (χ1n) is 10.3. The van der Waals surface area contributed by atoms with Crippen molar-refractivity contribution < 1.29 is 13.2 Å². The molecule has 1 fully saturated rings. The summed E-state index contributed by atoms with van der Waals surface area (Å²) in [6, 6.07) is 7.92. The maximum atomic E-state index is 13.6. The Morgan fingerprint density at radius 3 is 2.77 bits per heavy atom. The molecule has 0 aliphatic carbocycles. The molecule has 1 aliphatic rings. The number of thiazole rings is 1. The summed E-state index contributed by atoms with van der Waals surface area (Å²) in [7, 11) is -3.33. The highest BCUT2D eigenvalue weighted by Gasteiger charge is 2.34.